The summed E-state index contributed by atoms with van der Waals surface area (Å²) < 4.78 is 18.1. The van der Waals surface area contributed by atoms with Crippen molar-refractivity contribution in [2.45, 2.75) is 12.5 Å². The molecule has 5 nitrogen and oxygen atoms in total. The molecule has 1 N–H and O–H groups in total. The lowest BCUT2D eigenvalue weighted by Gasteiger charge is -2.18. The zero-order chi connectivity index (χ0) is 16.4. The number of carbonyl (C=O) groups is 2. The molecular weight excluding hydrogens is 299 g/mol. The molecule has 0 aliphatic carbocycles. The summed E-state index contributed by atoms with van der Waals surface area (Å²) in [5, 5.41) is 2.97. The number of nitrogens with zero attached hydrogens (tertiary/aromatic N) is 1. The summed E-state index contributed by atoms with van der Waals surface area (Å²) in [4.78, 5) is 26.0. The van der Waals surface area contributed by atoms with E-state index in [1.807, 2.05) is 0 Å². The number of imide groups is 1. The van der Waals surface area contributed by atoms with Crippen LogP contribution in [0.3, 0.4) is 0 Å². The predicted octanol–water partition coefficient (Wildman–Crippen LogP) is 2.58. The van der Waals surface area contributed by atoms with Crippen LogP contribution in [0, 0.1) is 5.82 Å². The molecule has 2 aromatic rings. The van der Waals surface area contributed by atoms with Crippen LogP contribution in [0.25, 0.3) is 0 Å². The number of amides is 2. The lowest BCUT2D eigenvalue weighted by Crippen LogP contribution is -2.35. The van der Waals surface area contributed by atoms with Gasteiger partial charge in [-0.1, -0.05) is 12.1 Å². The second-order valence-electron chi connectivity index (χ2n) is 5.15. The Morgan fingerprint density at radius 2 is 1.83 bits per heavy atom. The highest BCUT2D eigenvalue weighted by atomic mass is 19.1. The van der Waals surface area contributed by atoms with Crippen LogP contribution >= 0.6 is 0 Å². The Kier molecular flexibility index (Phi) is 3.97. The molecule has 0 bridgehead atoms. The summed E-state index contributed by atoms with van der Waals surface area (Å²) in [6.45, 7) is 0. The van der Waals surface area contributed by atoms with E-state index in [4.69, 9.17) is 4.74 Å². The van der Waals surface area contributed by atoms with E-state index in [2.05, 4.69) is 5.32 Å². The second-order valence-corrected chi connectivity index (χ2v) is 5.15. The van der Waals surface area contributed by atoms with Gasteiger partial charge in [0.2, 0.25) is 5.91 Å². The minimum atomic E-state index is -0.683. The highest BCUT2D eigenvalue weighted by Crippen LogP contribution is 2.32. The van der Waals surface area contributed by atoms with Crippen LogP contribution in [0.2, 0.25) is 0 Å². The highest BCUT2D eigenvalue weighted by molar-refractivity contribution is 6.23. The van der Waals surface area contributed by atoms with Crippen molar-refractivity contribution >= 4 is 23.2 Å². The number of methoxy groups -OCH3 is 1. The standard InChI is InChI=1S/C17H15FN2O3/c1-23-15-5-3-2-4-14(15)20-16(21)10-13(17(20)22)19-12-8-6-11(18)7-9-12/h2-9,13,19H,10H2,1H3. The van der Waals surface area contributed by atoms with Crippen LogP contribution in [0.5, 0.6) is 5.75 Å². The third-order valence-corrected chi connectivity index (χ3v) is 3.66. The van der Waals surface area contributed by atoms with Gasteiger partial charge in [-0.05, 0) is 36.4 Å². The van der Waals surface area contributed by atoms with E-state index in [1.54, 1.807) is 24.3 Å². The number of anilines is 2. The normalized spacial score (nSPS) is 17.5. The van der Waals surface area contributed by atoms with Crippen molar-refractivity contribution in [2.24, 2.45) is 0 Å². The lowest BCUT2D eigenvalue weighted by atomic mass is 10.2. The van der Waals surface area contributed by atoms with Crippen LogP contribution in [-0.4, -0.2) is 25.0 Å². The van der Waals surface area contributed by atoms with Crippen LogP contribution in [-0.2, 0) is 9.59 Å². The van der Waals surface area contributed by atoms with Crippen LogP contribution in [0.15, 0.2) is 48.5 Å². The van der Waals surface area contributed by atoms with Crippen molar-refractivity contribution in [3.05, 3.63) is 54.3 Å². The van der Waals surface area contributed by atoms with Crippen molar-refractivity contribution in [1.82, 2.24) is 0 Å². The van der Waals surface area contributed by atoms with E-state index in [0.29, 0.717) is 17.1 Å². The quantitative estimate of drug-likeness (QED) is 0.881. The highest BCUT2D eigenvalue weighted by Gasteiger charge is 2.40. The number of ether oxygens (including phenoxy) is 1. The van der Waals surface area contributed by atoms with Crippen molar-refractivity contribution in [3.8, 4) is 5.75 Å². The summed E-state index contributed by atoms with van der Waals surface area (Å²) >= 11 is 0. The molecule has 3 rings (SSSR count). The van der Waals surface area contributed by atoms with E-state index >= 15 is 0 Å². The summed E-state index contributed by atoms with van der Waals surface area (Å²) in [5.74, 6) is -0.570. The molecule has 1 unspecified atom stereocenters. The minimum Gasteiger partial charge on any atom is -0.495 e. The molecule has 0 radical (unpaired) electrons. The van der Waals surface area contributed by atoms with Crippen molar-refractivity contribution in [1.29, 1.82) is 0 Å². The van der Waals surface area contributed by atoms with Gasteiger partial charge in [-0.3, -0.25) is 9.59 Å². The third-order valence-electron chi connectivity index (χ3n) is 3.66. The Morgan fingerprint density at radius 3 is 2.52 bits per heavy atom. The van der Waals surface area contributed by atoms with Crippen LogP contribution in [0.1, 0.15) is 6.42 Å². The number of benzene rings is 2. The van der Waals surface area contributed by atoms with Gasteiger partial charge in [0.05, 0.1) is 19.2 Å². The maximum absolute atomic E-state index is 12.9. The molecule has 0 aromatic heterocycles. The molecule has 2 aromatic carbocycles. The first-order valence-electron chi connectivity index (χ1n) is 7.12. The zero-order valence-electron chi connectivity index (χ0n) is 12.5. The fourth-order valence-electron chi connectivity index (χ4n) is 2.56. The first-order valence-corrected chi connectivity index (χ1v) is 7.12. The Bertz CT molecular complexity index is 746. The maximum Gasteiger partial charge on any atom is 0.256 e. The van der Waals surface area contributed by atoms with E-state index in [1.165, 1.54) is 31.4 Å². The molecule has 6 heteroatoms. The predicted molar refractivity (Wildman–Crippen MR) is 83.9 cm³/mol. The number of nitrogens with one attached hydrogen (secondary N) is 1. The number of rotatable bonds is 4. The molecular formula is C17H15FN2O3. The Hall–Kier alpha value is -2.89. The van der Waals surface area contributed by atoms with Crippen LogP contribution in [0.4, 0.5) is 15.8 Å². The van der Waals surface area contributed by atoms with E-state index < -0.39 is 6.04 Å². The topological polar surface area (TPSA) is 58.6 Å². The van der Waals surface area contributed by atoms with Crippen molar-refractivity contribution in [3.63, 3.8) is 0 Å². The number of carbonyl (C=O) groups excluding carboxylic acids is 2. The zero-order valence-corrected chi connectivity index (χ0v) is 12.5. The Morgan fingerprint density at radius 1 is 1.13 bits per heavy atom. The molecule has 2 amide bonds. The molecule has 118 valence electrons. The number of hydrogen-bond acceptors (Lipinski definition) is 4. The molecule has 23 heavy (non-hydrogen) atoms. The number of hydrogen-bond donors (Lipinski definition) is 1. The van der Waals surface area contributed by atoms with E-state index in [0.717, 1.165) is 4.90 Å². The molecule has 0 spiro atoms. The fourth-order valence-corrected chi connectivity index (χ4v) is 2.56. The average molecular weight is 314 g/mol. The molecule has 1 atom stereocenters. The molecule has 0 saturated carbocycles. The van der Waals surface area contributed by atoms with Crippen molar-refractivity contribution in [2.75, 3.05) is 17.3 Å². The van der Waals surface area contributed by atoms with Gasteiger partial charge in [-0.25, -0.2) is 9.29 Å². The molecule has 1 aliphatic heterocycles. The largest absolute Gasteiger partial charge is 0.495 e. The summed E-state index contributed by atoms with van der Waals surface area (Å²) in [5.41, 5.74) is 1.01. The monoisotopic (exact) mass is 314 g/mol. The Balaban J connectivity index is 1.84. The molecule has 1 aliphatic rings. The third kappa shape index (κ3) is 2.88. The van der Waals surface area contributed by atoms with Crippen LogP contribution < -0.4 is 15.0 Å². The minimum absolute atomic E-state index is 0.0360. The molecule has 1 saturated heterocycles. The van der Waals surface area contributed by atoms with E-state index in [-0.39, 0.29) is 24.1 Å². The fraction of sp³-hybridized carbons (Fsp3) is 0.176. The maximum atomic E-state index is 12.9. The van der Waals surface area contributed by atoms with Gasteiger partial charge < -0.3 is 10.1 Å². The second kappa shape index (κ2) is 6.08. The average Bonchev–Trinajstić information content (AvgIpc) is 2.83. The summed E-state index contributed by atoms with van der Waals surface area (Å²) in [7, 11) is 1.48. The van der Waals surface area contributed by atoms with Gasteiger partial charge in [-0.15, -0.1) is 0 Å². The summed E-state index contributed by atoms with van der Waals surface area (Å²) in [6, 6.07) is 11.8. The lowest BCUT2D eigenvalue weighted by molar-refractivity contribution is -0.121. The summed E-state index contributed by atoms with van der Waals surface area (Å²) in [6.07, 6.45) is 0.0360. The number of halogens is 1. The van der Waals surface area contributed by atoms with Gasteiger partial charge in [0.25, 0.3) is 5.91 Å². The Labute approximate surface area is 132 Å². The van der Waals surface area contributed by atoms with Gasteiger partial charge in [0.15, 0.2) is 0 Å². The van der Waals surface area contributed by atoms with Crippen molar-refractivity contribution < 1.29 is 18.7 Å². The number of para-hydroxylation sites is 2. The first kappa shape index (κ1) is 15.0. The molecule has 1 heterocycles. The van der Waals surface area contributed by atoms with Gasteiger partial charge >= 0.3 is 0 Å². The SMILES string of the molecule is COc1ccccc1N1C(=O)CC(Nc2ccc(F)cc2)C1=O. The van der Waals surface area contributed by atoms with Gasteiger partial charge in [0.1, 0.15) is 17.6 Å². The van der Waals surface area contributed by atoms with Gasteiger partial charge in [-0.2, -0.15) is 0 Å². The smallest absolute Gasteiger partial charge is 0.256 e. The van der Waals surface area contributed by atoms with E-state index in [9.17, 15) is 14.0 Å². The first-order chi connectivity index (χ1) is 11.1. The van der Waals surface area contributed by atoms with Gasteiger partial charge in [0, 0.05) is 5.69 Å². The molecule has 1 fully saturated rings.